The van der Waals surface area contributed by atoms with Crippen molar-refractivity contribution < 1.29 is 0 Å². The quantitative estimate of drug-likeness (QED) is 0.632. The maximum absolute atomic E-state index is 6.16. The van der Waals surface area contributed by atoms with Crippen molar-refractivity contribution in [3.63, 3.8) is 0 Å². The molecule has 1 aliphatic heterocycles. The molecular weight excluding hydrogens is 202 g/mol. The standard InChI is InChI=1S/C10H12ClNS/c1-6-4-12-5-8-7(6)2-3-9(13)10(8)11/h2-3,6,12-13H,4-5H2,1H3. The van der Waals surface area contributed by atoms with Crippen LogP contribution < -0.4 is 5.32 Å². The van der Waals surface area contributed by atoms with Gasteiger partial charge < -0.3 is 5.32 Å². The van der Waals surface area contributed by atoms with Crippen molar-refractivity contribution in [2.75, 3.05) is 6.54 Å². The van der Waals surface area contributed by atoms with E-state index in [9.17, 15) is 0 Å². The number of thiol groups is 1. The predicted molar refractivity (Wildman–Crippen MR) is 58.8 cm³/mol. The highest BCUT2D eigenvalue weighted by Crippen LogP contribution is 2.33. The summed E-state index contributed by atoms with van der Waals surface area (Å²) in [6.07, 6.45) is 0. The smallest absolute Gasteiger partial charge is 0.0587 e. The second kappa shape index (κ2) is 3.52. The van der Waals surface area contributed by atoms with Crippen LogP contribution in [0.1, 0.15) is 24.0 Å². The van der Waals surface area contributed by atoms with Crippen LogP contribution in [0.3, 0.4) is 0 Å². The van der Waals surface area contributed by atoms with E-state index in [1.54, 1.807) is 0 Å². The minimum atomic E-state index is 0.551. The zero-order valence-electron chi connectivity index (χ0n) is 7.47. The Kier molecular flexibility index (Phi) is 2.54. The largest absolute Gasteiger partial charge is 0.312 e. The van der Waals surface area contributed by atoms with Gasteiger partial charge >= 0.3 is 0 Å². The van der Waals surface area contributed by atoms with Gasteiger partial charge in [-0.1, -0.05) is 24.6 Å². The molecule has 0 spiro atoms. The van der Waals surface area contributed by atoms with Gasteiger partial charge in [-0.2, -0.15) is 0 Å². The molecule has 1 unspecified atom stereocenters. The third-order valence-electron chi connectivity index (χ3n) is 2.54. The Hall–Kier alpha value is -0.180. The van der Waals surface area contributed by atoms with E-state index in [-0.39, 0.29) is 0 Å². The number of nitrogens with one attached hydrogen (secondary N) is 1. The fourth-order valence-electron chi connectivity index (χ4n) is 1.79. The molecule has 3 heteroatoms. The lowest BCUT2D eigenvalue weighted by molar-refractivity contribution is 0.570. The van der Waals surface area contributed by atoms with Gasteiger partial charge in [0.1, 0.15) is 0 Å². The van der Waals surface area contributed by atoms with Crippen molar-refractivity contribution in [3.05, 3.63) is 28.3 Å². The Balaban J connectivity index is 2.56. The van der Waals surface area contributed by atoms with E-state index >= 15 is 0 Å². The summed E-state index contributed by atoms with van der Waals surface area (Å²) in [5.41, 5.74) is 2.58. The number of rotatable bonds is 0. The molecule has 0 radical (unpaired) electrons. The monoisotopic (exact) mass is 213 g/mol. The lowest BCUT2D eigenvalue weighted by Crippen LogP contribution is -2.26. The molecule has 0 aliphatic carbocycles. The summed E-state index contributed by atoms with van der Waals surface area (Å²) in [5.74, 6) is 0.551. The molecule has 1 atom stereocenters. The summed E-state index contributed by atoms with van der Waals surface area (Å²) in [4.78, 5) is 0.872. The fourth-order valence-corrected chi connectivity index (χ4v) is 2.24. The van der Waals surface area contributed by atoms with E-state index in [1.807, 2.05) is 6.07 Å². The van der Waals surface area contributed by atoms with Gasteiger partial charge in [0.25, 0.3) is 0 Å². The fraction of sp³-hybridized carbons (Fsp3) is 0.400. The first-order chi connectivity index (χ1) is 6.20. The first kappa shape index (κ1) is 9.38. The minimum absolute atomic E-state index is 0.551. The number of hydrogen-bond donors (Lipinski definition) is 2. The van der Waals surface area contributed by atoms with E-state index in [2.05, 4.69) is 30.9 Å². The van der Waals surface area contributed by atoms with Crippen molar-refractivity contribution >= 4 is 24.2 Å². The molecule has 1 aromatic rings. The third-order valence-corrected chi connectivity index (χ3v) is 3.48. The van der Waals surface area contributed by atoms with Crippen LogP contribution in [0.5, 0.6) is 0 Å². The lowest BCUT2D eigenvalue weighted by Gasteiger charge is -2.24. The predicted octanol–water partition coefficient (Wildman–Crippen LogP) is 2.84. The molecule has 1 heterocycles. The van der Waals surface area contributed by atoms with Gasteiger partial charge in [0.15, 0.2) is 0 Å². The molecule has 1 nitrogen and oxygen atoms in total. The van der Waals surface area contributed by atoms with Crippen molar-refractivity contribution in [1.82, 2.24) is 5.32 Å². The Morgan fingerprint density at radius 2 is 2.31 bits per heavy atom. The van der Waals surface area contributed by atoms with Crippen molar-refractivity contribution in [3.8, 4) is 0 Å². The van der Waals surface area contributed by atoms with Crippen LogP contribution in [0.25, 0.3) is 0 Å². The topological polar surface area (TPSA) is 12.0 Å². The van der Waals surface area contributed by atoms with Crippen molar-refractivity contribution in [2.24, 2.45) is 0 Å². The molecular formula is C10H12ClNS. The van der Waals surface area contributed by atoms with Gasteiger partial charge in [-0.05, 0) is 23.1 Å². The molecule has 70 valence electrons. The zero-order chi connectivity index (χ0) is 9.42. The molecule has 1 aromatic carbocycles. The number of benzene rings is 1. The maximum atomic E-state index is 6.16. The zero-order valence-corrected chi connectivity index (χ0v) is 9.12. The lowest BCUT2D eigenvalue weighted by atomic mass is 9.92. The number of fused-ring (bicyclic) bond motifs is 1. The van der Waals surface area contributed by atoms with Crippen molar-refractivity contribution in [2.45, 2.75) is 24.3 Å². The molecule has 1 aliphatic rings. The summed E-state index contributed by atoms with van der Waals surface area (Å²) in [6.45, 7) is 4.11. The average Bonchev–Trinajstić information content (AvgIpc) is 2.12. The first-order valence-corrected chi connectivity index (χ1v) is 5.23. The summed E-state index contributed by atoms with van der Waals surface area (Å²) in [7, 11) is 0. The van der Waals surface area contributed by atoms with Gasteiger partial charge in [0.05, 0.1) is 5.02 Å². The summed E-state index contributed by atoms with van der Waals surface area (Å²) in [6, 6.07) is 4.11. The highest BCUT2D eigenvalue weighted by atomic mass is 35.5. The van der Waals surface area contributed by atoms with Gasteiger partial charge in [-0.15, -0.1) is 12.6 Å². The van der Waals surface area contributed by atoms with Crippen LogP contribution in [0.4, 0.5) is 0 Å². The summed E-state index contributed by atoms with van der Waals surface area (Å²) in [5, 5.41) is 4.15. The maximum Gasteiger partial charge on any atom is 0.0587 e. The van der Waals surface area contributed by atoms with Crippen LogP contribution in [0.2, 0.25) is 5.02 Å². The van der Waals surface area contributed by atoms with Crippen molar-refractivity contribution in [1.29, 1.82) is 0 Å². The van der Waals surface area contributed by atoms with Gasteiger partial charge in [0.2, 0.25) is 0 Å². The highest BCUT2D eigenvalue weighted by molar-refractivity contribution is 7.80. The number of halogens is 1. The van der Waals surface area contributed by atoms with E-state index < -0.39 is 0 Å². The van der Waals surface area contributed by atoms with Crippen LogP contribution >= 0.6 is 24.2 Å². The highest BCUT2D eigenvalue weighted by Gasteiger charge is 2.18. The molecule has 0 saturated heterocycles. The van der Waals surface area contributed by atoms with Gasteiger partial charge in [-0.25, -0.2) is 0 Å². The normalized spacial score (nSPS) is 21.3. The van der Waals surface area contributed by atoms with Crippen LogP contribution in [0.15, 0.2) is 17.0 Å². The first-order valence-electron chi connectivity index (χ1n) is 4.41. The number of hydrogen-bond acceptors (Lipinski definition) is 2. The second-order valence-corrected chi connectivity index (χ2v) is 4.36. The van der Waals surface area contributed by atoms with Crippen LogP contribution in [0, 0.1) is 0 Å². The van der Waals surface area contributed by atoms with Crippen LogP contribution in [-0.4, -0.2) is 6.54 Å². The molecule has 1 N–H and O–H groups in total. The van der Waals surface area contributed by atoms with Gasteiger partial charge in [0, 0.05) is 18.0 Å². The Bertz CT molecular complexity index is 338. The van der Waals surface area contributed by atoms with E-state index in [1.165, 1.54) is 11.1 Å². The summed E-state index contributed by atoms with van der Waals surface area (Å²) >= 11 is 10.5. The SMILES string of the molecule is CC1CNCc2c1ccc(S)c2Cl. The van der Waals surface area contributed by atoms with E-state index in [0.717, 1.165) is 23.0 Å². The molecule has 0 fully saturated rings. The minimum Gasteiger partial charge on any atom is -0.312 e. The molecule has 0 saturated carbocycles. The molecule has 2 rings (SSSR count). The summed E-state index contributed by atoms with van der Waals surface area (Å²) < 4.78 is 0. The van der Waals surface area contributed by atoms with E-state index in [4.69, 9.17) is 11.6 Å². The molecule has 0 amide bonds. The Labute approximate surface area is 88.9 Å². The molecule has 0 aromatic heterocycles. The Morgan fingerprint density at radius 3 is 3.08 bits per heavy atom. The molecule has 13 heavy (non-hydrogen) atoms. The third kappa shape index (κ3) is 1.58. The second-order valence-electron chi connectivity index (χ2n) is 3.50. The average molecular weight is 214 g/mol. The van der Waals surface area contributed by atoms with Gasteiger partial charge in [-0.3, -0.25) is 0 Å². The van der Waals surface area contributed by atoms with E-state index in [0.29, 0.717) is 5.92 Å². The molecule has 0 bridgehead atoms. The Morgan fingerprint density at radius 1 is 1.54 bits per heavy atom. The van der Waals surface area contributed by atoms with Crippen LogP contribution in [-0.2, 0) is 6.54 Å².